The maximum absolute atomic E-state index is 12.7. The largest absolute Gasteiger partial charge is 0.507 e. The summed E-state index contributed by atoms with van der Waals surface area (Å²) in [6.07, 6.45) is 1.43. The van der Waals surface area contributed by atoms with Crippen molar-refractivity contribution in [2.75, 3.05) is 7.11 Å². The number of carbonyl (C=O) groups excluding carboxylic acids is 1. The average Bonchev–Trinajstić information content (AvgIpc) is 3.34. The molecule has 0 spiro atoms. The van der Waals surface area contributed by atoms with Gasteiger partial charge in [-0.05, 0) is 39.7 Å². The predicted octanol–water partition coefficient (Wildman–Crippen LogP) is 4.86. The first-order chi connectivity index (χ1) is 16.2. The van der Waals surface area contributed by atoms with Crippen molar-refractivity contribution in [3.63, 3.8) is 0 Å². The van der Waals surface area contributed by atoms with E-state index in [1.807, 2.05) is 66.7 Å². The second-order valence-electron chi connectivity index (χ2n) is 7.45. The molecule has 5 rings (SSSR count). The lowest BCUT2D eigenvalue weighted by Gasteiger charge is -2.09. The zero-order chi connectivity index (χ0) is 22.8. The highest BCUT2D eigenvalue weighted by molar-refractivity contribution is 6.03. The Labute approximate surface area is 189 Å². The van der Waals surface area contributed by atoms with Crippen molar-refractivity contribution in [2.24, 2.45) is 5.10 Å². The Kier molecular flexibility index (Phi) is 5.20. The number of hydrogen-bond donors (Lipinski definition) is 3. The summed E-state index contributed by atoms with van der Waals surface area (Å²) >= 11 is 0. The highest BCUT2D eigenvalue weighted by Crippen LogP contribution is 2.36. The van der Waals surface area contributed by atoms with Crippen molar-refractivity contribution in [2.45, 2.75) is 0 Å². The van der Waals surface area contributed by atoms with E-state index in [0.717, 1.165) is 27.1 Å². The first-order valence-electron chi connectivity index (χ1n) is 10.3. The smallest absolute Gasteiger partial charge is 0.289 e. The monoisotopic (exact) mass is 436 g/mol. The van der Waals surface area contributed by atoms with E-state index in [-0.39, 0.29) is 11.4 Å². The van der Waals surface area contributed by atoms with Crippen LogP contribution in [0.1, 0.15) is 16.1 Å². The van der Waals surface area contributed by atoms with Gasteiger partial charge in [0.05, 0.1) is 24.6 Å². The molecule has 33 heavy (non-hydrogen) atoms. The molecule has 5 aromatic rings. The lowest BCUT2D eigenvalue weighted by Crippen LogP contribution is -2.18. The maximum Gasteiger partial charge on any atom is 0.289 e. The molecule has 1 aromatic heterocycles. The van der Waals surface area contributed by atoms with E-state index < -0.39 is 5.91 Å². The number of nitrogens with one attached hydrogen (secondary N) is 2. The number of fused-ring (bicyclic) bond motifs is 2. The van der Waals surface area contributed by atoms with Gasteiger partial charge in [0.1, 0.15) is 17.2 Å². The third-order valence-corrected chi connectivity index (χ3v) is 5.50. The van der Waals surface area contributed by atoms with E-state index in [1.165, 1.54) is 6.21 Å². The fourth-order valence-electron chi connectivity index (χ4n) is 3.89. The molecule has 0 radical (unpaired) electrons. The van der Waals surface area contributed by atoms with Crippen LogP contribution in [0.3, 0.4) is 0 Å². The average molecular weight is 436 g/mol. The van der Waals surface area contributed by atoms with Crippen molar-refractivity contribution in [1.29, 1.82) is 0 Å². The molecule has 1 heterocycles. The fourth-order valence-corrected chi connectivity index (χ4v) is 3.89. The molecule has 7 heteroatoms. The summed E-state index contributed by atoms with van der Waals surface area (Å²) in [5.41, 5.74) is 4.65. The Balaban J connectivity index is 1.42. The van der Waals surface area contributed by atoms with E-state index in [2.05, 4.69) is 20.7 Å². The number of methoxy groups -OCH3 is 1. The Morgan fingerprint density at radius 1 is 1.00 bits per heavy atom. The number of aromatic hydroxyl groups is 1. The Morgan fingerprint density at radius 2 is 1.70 bits per heavy atom. The van der Waals surface area contributed by atoms with Crippen LogP contribution in [0.4, 0.5) is 0 Å². The SMILES string of the molecule is COc1ccc2ccccc2c1-c1cc(C(=O)NN=Cc2c(O)ccc3ccccc23)[nH]n1. The molecule has 3 N–H and O–H groups in total. The molecule has 0 saturated carbocycles. The molecule has 0 aliphatic rings. The van der Waals surface area contributed by atoms with Crippen LogP contribution in [0.15, 0.2) is 84.0 Å². The molecule has 0 saturated heterocycles. The summed E-state index contributed by atoms with van der Waals surface area (Å²) in [6.45, 7) is 0. The van der Waals surface area contributed by atoms with Gasteiger partial charge in [-0.15, -0.1) is 0 Å². The minimum absolute atomic E-state index is 0.0820. The molecular formula is C26H20N4O3. The standard InChI is InChI=1S/C26H20N4O3/c1-33-24-13-11-17-7-3-5-9-19(17)25(24)21-14-22(29-28-21)26(32)30-27-15-20-18-8-4-2-6-16(18)10-12-23(20)31/h2-15,31H,1H3,(H,28,29)(H,30,32). The molecule has 7 nitrogen and oxygen atoms in total. The number of phenolic OH excluding ortho intramolecular Hbond substituents is 1. The zero-order valence-electron chi connectivity index (χ0n) is 17.7. The molecule has 0 unspecified atom stereocenters. The summed E-state index contributed by atoms with van der Waals surface area (Å²) in [6, 6.07) is 24.5. The second kappa shape index (κ2) is 8.47. The lowest BCUT2D eigenvalue weighted by molar-refractivity contribution is 0.0950. The summed E-state index contributed by atoms with van der Waals surface area (Å²) in [5, 5.41) is 25.2. The normalized spacial score (nSPS) is 11.3. The van der Waals surface area contributed by atoms with Gasteiger partial charge < -0.3 is 9.84 Å². The summed E-state index contributed by atoms with van der Waals surface area (Å²) in [7, 11) is 1.60. The lowest BCUT2D eigenvalue weighted by atomic mass is 10.0. The molecule has 1 amide bonds. The highest BCUT2D eigenvalue weighted by atomic mass is 16.5. The van der Waals surface area contributed by atoms with E-state index in [4.69, 9.17) is 4.74 Å². The van der Waals surface area contributed by atoms with Gasteiger partial charge in [-0.3, -0.25) is 9.89 Å². The van der Waals surface area contributed by atoms with Crippen molar-refractivity contribution < 1.29 is 14.6 Å². The molecule has 0 aliphatic heterocycles. The molecular weight excluding hydrogens is 416 g/mol. The molecule has 0 aliphatic carbocycles. The Morgan fingerprint density at radius 3 is 2.48 bits per heavy atom. The third kappa shape index (κ3) is 3.76. The van der Waals surface area contributed by atoms with Crippen LogP contribution in [-0.2, 0) is 0 Å². The quantitative estimate of drug-likeness (QED) is 0.271. The number of aromatic nitrogens is 2. The van der Waals surface area contributed by atoms with E-state index in [0.29, 0.717) is 17.0 Å². The molecule has 4 aromatic carbocycles. The Hall–Kier alpha value is -4.65. The van der Waals surface area contributed by atoms with Gasteiger partial charge in [0.2, 0.25) is 0 Å². The highest BCUT2D eigenvalue weighted by Gasteiger charge is 2.16. The van der Waals surface area contributed by atoms with Crippen molar-refractivity contribution in [3.05, 3.63) is 90.1 Å². The number of ether oxygens (including phenoxy) is 1. The molecule has 0 fully saturated rings. The van der Waals surface area contributed by atoms with Crippen molar-refractivity contribution in [1.82, 2.24) is 15.6 Å². The van der Waals surface area contributed by atoms with Crippen LogP contribution >= 0.6 is 0 Å². The second-order valence-corrected chi connectivity index (χ2v) is 7.45. The molecule has 0 atom stereocenters. The van der Waals surface area contributed by atoms with E-state index in [9.17, 15) is 9.90 Å². The van der Waals surface area contributed by atoms with Gasteiger partial charge in [-0.1, -0.05) is 60.7 Å². The first-order valence-corrected chi connectivity index (χ1v) is 10.3. The predicted molar refractivity (Wildman–Crippen MR) is 129 cm³/mol. The van der Waals surface area contributed by atoms with Gasteiger partial charge >= 0.3 is 0 Å². The number of nitrogens with zero attached hydrogens (tertiary/aromatic N) is 2. The summed E-state index contributed by atoms with van der Waals surface area (Å²) in [5.74, 6) is 0.291. The van der Waals surface area contributed by atoms with Crippen LogP contribution in [0.5, 0.6) is 11.5 Å². The fraction of sp³-hybridized carbons (Fsp3) is 0.0385. The van der Waals surface area contributed by atoms with Crippen LogP contribution in [0.2, 0.25) is 0 Å². The van der Waals surface area contributed by atoms with E-state index >= 15 is 0 Å². The maximum atomic E-state index is 12.7. The summed E-state index contributed by atoms with van der Waals surface area (Å²) < 4.78 is 5.54. The minimum atomic E-state index is -0.455. The van der Waals surface area contributed by atoms with Gasteiger partial charge in [-0.25, -0.2) is 5.43 Å². The minimum Gasteiger partial charge on any atom is -0.507 e. The number of phenols is 1. The number of hydrogen-bond acceptors (Lipinski definition) is 5. The van der Waals surface area contributed by atoms with Crippen molar-refractivity contribution >= 4 is 33.7 Å². The number of hydrazone groups is 1. The number of amides is 1. The third-order valence-electron chi connectivity index (χ3n) is 5.50. The van der Waals surface area contributed by atoms with Gasteiger partial charge in [-0.2, -0.15) is 10.2 Å². The van der Waals surface area contributed by atoms with Gasteiger partial charge in [0, 0.05) is 5.56 Å². The zero-order valence-corrected chi connectivity index (χ0v) is 17.7. The number of H-pyrrole nitrogens is 1. The van der Waals surface area contributed by atoms with Crippen LogP contribution in [0.25, 0.3) is 32.8 Å². The number of rotatable bonds is 5. The van der Waals surface area contributed by atoms with Gasteiger partial charge in [0.15, 0.2) is 0 Å². The number of carbonyl (C=O) groups is 1. The Bertz CT molecular complexity index is 1520. The van der Waals surface area contributed by atoms with Crippen molar-refractivity contribution in [3.8, 4) is 22.8 Å². The first kappa shape index (κ1) is 20.3. The van der Waals surface area contributed by atoms with Crippen LogP contribution in [0, 0.1) is 0 Å². The van der Waals surface area contributed by atoms with Crippen LogP contribution in [-0.4, -0.2) is 34.5 Å². The topological polar surface area (TPSA) is 99.6 Å². The summed E-state index contributed by atoms with van der Waals surface area (Å²) in [4.78, 5) is 12.7. The molecule has 162 valence electrons. The van der Waals surface area contributed by atoms with E-state index in [1.54, 1.807) is 19.2 Å². The number of benzene rings is 4. The van der Waals surface area contributed by atoms with Gasteiger partial charge in [0.25, 0.3) is 5.91 Å². The molecule has 0 bridgehead atoms. The number of aromatic amines is 1. The van der Waals surface area contributed by atoms with Crippen LogP contribution < -0.4 is 10.2 Å².